The van der Waals surface area contributed by atoms with E-state index in [1.54, 1.807) is 0 Å². The summed E-state index contributed by atoms with van der Waals surface area (Å²) in [7, 11) is 2.03. The van der Waals surface area contributed by atoms with Crippen LogP contribution < -0.4 is 4.90 Å². The van der Waals surface area contributed by atoms with Gasteiger partial charge >= 0.3 is 12.1 Å². The van der Waals surface area contributed by atoms with E-state index in [0.717, 1.165) is 31.5 Å². The minimum absolute atomic E-state index is 0.0951. The molecule has 0 aliphatic carbocycles. The van der Waals surface area contributed by atoms with E-state index in [0.29, 0.717) is 0 Å². The number of nitrogens with zero attached hydrogens (tertiary/aromatic N) is 2. The molecule has 1 aliphatic rings. The molecule has 7 nitrogen and oxygen atoms in total. The van der Waals surface area contributed by atoms with E-state index in [2.05, 4.69) is 4.90 Å². The van der Waals surface area contributed by atoms with Crippen LogP contribution in [0.15, 0.2) is 46.9 Å². The van der Waals surface area contributed by atoms with Crippen molar-refractivity contribution in [3.05, 3.63) is 53.8 Å². The Morgan fingerprint density at radius 3 is 2.50 bits per heavy atom. The summed E-state index contributed by atoms with van der Waals surface area (Å²) in [6, 6.07) is 12.2. The number of carbonyl (C=O) groups excluding carboxylic acids is 1. The fourth-order valence-electron chi connectivity index (χ4n) is 3.03. The molecule has 1 aromatic carbocycles. The molecule has 3 rings (SSSR count). The fraction of sp³-hybridized carbons (Fsp3) is 0.368. The number of carboxylic acids is 1. The molecule has 0 unspecified atom stereocenters. The molecule has 0 saturated carbocycles. The number of hydrogen-bond donors (Lipinski definition) is 1. The van der Waals surface area contributed by atoms with Gasteiger partial charge in [-0.1, -0.05) is 30.3 Å². The predicted octanol–water partition coefficient (Wildman–Crippen LogP) is 3.22. The molecule has 2 heterocycles. The molecular weight excluding hydrogens is 336 g/mol. The summed E-state index contributed by atoms with van der Waals surface area (Å²) in [4.78, 5) is 27.5. The summed E-state index contributed by atoms with van der Waals surface area (Å²) in [5.74, 6) is -1.17. The molecule has 0 radical (unpaired) electrons. The van der Waals surface area contributed by atoms with Crippen LogP contribution in [-0.2, 0) is 11.3 Å². The van der Waals surface area contributed by atoms with Gasteiger partial charge in [-0.25, -0.2) is 14.5 Å². The molecule has 1 amide bonds. The summed E-state index contributed by atoms with van der Waals surface area (Å²) in [6.07, 6.45) is 0.995. The number of hydrogen-bond acceptors (Lipinski definition) is 5. The van der Waals surface area contributed by atoms with Crippen molar-refractivity contribution in [3.63, 3.8) is 0 Å². The highest BCUT2D eigenvalue weighted by atomic mass is 16.6. The zero-order valence-corrected chi connectivity index (χ0v) is 14.6. The molecule has 0 spiro atoms. The highest BCUT2D eigenvalue weighted by molar-refractivity contribution is 5.89. The minimum Gasteiger partial charge on any atom is -0.475 e. The molecule has 1 saturated heterocycles. The number of ether oxygens (including phenoxy) is 1. The van der Waals surface area contributed by atoms with Crippen LogP contribution in [0.25, 0.3) is 0 Å². The van der Waals surface area contributed by atoms with Gasteiger partial charge in [-0.05, 0) is 44.6 Å². The van der Waals surface area contributed by atoms with Gasteiger partial charge in [-0.15, -0.1) is 0 Å². The van der Waals surface area contributed by atoms with E-state index in [1.165, 1.54) is 17.0 Å². The number of furan rings is 1. The third-order valence-electron chi connectivity index (χ3n) is 4.50. The maximum atomic E-state index is 12.8. The van der Waals surface area contributed by atoms with Crippen LogP contribution in [-0.4, -0.2) is 48.2 Å². The molecule has 2 aromatic rings. The average molecular weight is 358 g/mol. The van der Waals surface area contributed by atoms with E-state index in [9.17, 15) is 9.59 Å². The lowest BCUT2D eigenvalue weighted by Crippen LogP contribution is -2.46. The standard InChI is InChI=1S/C19H22N2O5/c1-20-11-9-15(10-12-20)21(17-8-7-16(26-17)18(22)23)19(24)25-13-14-5-3-2-4-6-14/h2-8,15H,9-13H2,1H3,(H,22,23). The van der Waals surface area contributed by atoms with Gasteiger partial charge in [0, 0.05) is 12.1 Å². The van der Waals surface area contributed by atoms with Crippen molar-refractivity contribution in [1.29, 1.82) is 0 Å². The molecule has 7 heteroatoms. The maximum Gasteiger partial charge on any atom is 0.417 e. The third kappa shape index (κ3) is 4.23. The summed E-state index contributed by atoms with van der Waals surface area (Å²) < 4.78 is 10.8. The van der Waals surface area contributed by atoms with Gasteiger partial charge in [-0.3, -0.25) is 0 Å². The molecule has 0 atom stereocenters. The first-order valence-corrected chi connectivity index (χ1v) is 8.56. The SMILES string of the molecule is CN1CCC(N(C(=O)OCc2ccccc2)c2ccc(C(=O)O)o2)CC1. The van der Waals surface area contributed by atoms with Gasteiger partial charge in [0.25, 0.3) is 0 Å². The van der Waals surface area contributed by atoms with Crippen molar-refractivity contribution in [3.8, 4) is 0 Å². The van der Waals surface area contributed by atoms with Crippen LogP contribution in [0.1, 0.15) is 29.0 Å². The van der Waals surface area contributed by atoms with E-state index in [1.807, 2.05) is 37.4 Å². The molecule has 0 bridgehead atoms. The molecule has 138 valence electrons. The number of aromatic carboxylic acids is 1. The number of amides is 1. The van der Waals surface area contributed by atoms with Gasteiger partial charge < -0.3 is 19.2 Å². The van der Waals surface area contributed by atoms with Crippen molar-refractivity contribution in [2.75, 3.05) is 25.0 Å². The molecule has 1 aromatic heterocycles. The van der Waals surface area contributed by atoms with Crippen LogP contribution in [0, 0.1) is 0 Å². The van der Waals surface area contributed by atoms with Crippen molar-refractivity contribution in [1.82, 2.24) is 4.90 Å². The van der Waals surface area contributed by atoms with Crippen LogP contribution in [0.3, 0.4) is 0 Å². The Morgan fingerprint density at radius 1 is 1.19 bits per heavy atom. The fourth-order valence-corrected chi connectivity index (χ4v) is 3.03. The zero-order chi connectivity index (χ0) is 18.5. The van der Waals surface area contributed by atoms with Crippen molar-refractivity contribution >= 4 is 17.9 Å². The molecule has 26 heavy (non-hydrogen) atoms. The highest BCUT2D eigenvalue weighted by Crippen LogP contribution is 2.27. The summed E-state index contributed by atoms with van der Waals surface area (Å²) in [5, 5.41) is 9.08. The Hall–Kier alpha value is -2.80. The smallest absolute Gasteiger partial charge is 0.417 e. The zero-order valence-electron chi connectivity index (χ0n) is 14.6. The molecular formula is C19H22N2O5. The molecule has 1 aliphatic heterocycles. The Bertz CT molecular complexity index is 750. The van der Waals surface area contributed by atoms with Gasteiger partial charge in [0.15, 0.2) is 0 Å². The summed E-state index contributed by atoms with van der Waals surface area (Å²) in [5.41, 5.74) is 0.884. The van der Waals surface area contributed by atoms with Crippen LogP contribution in [0.4, 0.5) is 10.7 Å². The Morgan fingerprint density at radius 2 is 1.88 bits per heavy atom. The highest BCUT2D eigenvalue weighted by Gasteiger charge is 2.32. The van der Waals surface area contributed by atoms with Crippen LogP contribution in [0.2, 0.25) is 0 Å². The lowest BCUT2D eigenvalue weighted by Gasteiger charge is -2.35. The predicted molar refractivity (Wildman–Crippen MR) is 95.3 cm³/mol. The number of rotatable bonds is 5. The molecule has 1 fully saturated rings. The van der Waals surface area contributed by atoms with Crippen molar-refractivity contribution < 1.29 is 23.8 Å². The molecule has 1 N–H and O–H groups in total. The monoisotopic (exact) mass is 358 g/mol. The first-order valence-electron chi connectivity index (χ1n) is 8.56. The van der Waals surface area contributed by atoms with E-state index >= 15 is 0 Å². The second-order valence-corrected chi connectivity index (χ2v) is 6.39. The van der Waals surface area contributed by atoms with Gasteiger partial charge in [0.1, 0.15) is 6.61 Å². The number of anilines is 1. The summed E-state index contributed by atoms with van der Waals surface area (Å²) in [6.45, 7) is 1.84. The van der Waals surface area contributed by atoms with Crippen molar-refractivity contribution in [2.24, 2.45) is 0 Å². The number of likely N-dealkylation sites (tertiary alicyclic amines) is 1. The Kier molecular flexibility index (Phi) is 5.58. The number of carboxylic acid groups (broad SMARTS) is 1. The summed E-state index contributed by atoms with van der Waals surface area (Å²) >= 11 is 0. The Labute approximate surface area is 151 Å². The number of piperidine rings is 1. The van der Waals surface area contributed by atoms with Gasteiger partial charge in [-0.2, -0.15) is 0 Å². The normalized spacial score (nSPS) is 15.6. The first-order chi connectivity index (χ1) is 12.5. The lowest BCUT2D eigenvalue weighted by molar-refractivity contribution is 0.0661. The topological polar surface area (TPSA) is 83.2 Å². The van der Waals surface area contributed by atoms with Crippen LogP contribution >= 0.6 is 0 Å². The Balaban J connectivity index is 1.77. The quantitative estimate of drug-likeness (QED) is 0.884. The van der Waals surface area contributed by atoms with E-state index < -0.39 is 12.1 Å². The second-order valence-electron chi connectivity index (χ2n) is 6.39. The van der Waals surface area contributed by atoms with E-state index in [4.69, 9.17) is 14.3 Å². The minimum atomic E-state index is -1.17. The van der Waals surface area contributed by atoms with Crippen LogP contribution in [0.5, 0.6) is 0 Å². The first kappa shape index (κ1) is 18.0. The van der Waals surface area contributed by atoms with E-state index in [-0.39, 0.29) is 24.3 Å². The third-order valence-corrected chi connectivity index (χ3v) is 4.50. The van der Waals surface area contributed by atoms with Gasteiger partial charge in [0.05, 0.1) is 0 Å². The largest absolute Gasteiger partial charge is 0.475 e. The number of carbonyl (C=O) groups is 2. The average Bonchev–Trinajstić information content (AvgIpc) is 3.13. The number of benzene rings is 1. The van der Waals surface area contributed by atoms with Gasteiger partial charge in [0.2, 0.25) is 11.6 Å². The second kappa shape index (κ2) is 8.05. The lowest BCUT2D eigenvalue weighted by atomic mass is 10.0. The van der Waals surface area contributed by atoms with Crippen molar-refractivity contribution in [2.45, 2.75) is 25.5 Å². The maximum absolute atomic E-state index is 12.8.